The lowest BCUT2D eigenvalue weighted by atomic mass is 10.2. The van der Waals surface area contributed by atoms with Crippen molar-refractivity contribution >= 4 is 5.78 Å². The summed E-state index contributed by atoms with van der Waals surface area (Å²) in [6.45, 7) is 0. The number of benzene rings is 1. The summed E-state index contributed by atoms with van der Waals surface area (Å²) in [6.07, 6.45) is 3.18. The molecule has 0 saturated heterocycles. The smallest absolute Gasteiger partial charge is 0.181 e. The maximum absolute atomic E-state index is 11.8. The Morgan fingerprint density at radius 3 is 3.06 bits per heavy atom. The zero-order valence-electron chi connectivity index (χ0n) is 9.51. The van der Waals surface area contributed by atoms with Gasteiger partial charge in [0.2, 0.25) is 0 Å². The second-order valence-corrected chi connectivity index (χ2v) is 4.05. The molecule has 17 heavy (non-hydrogen) atoms. The van der Waals surface area contributed by atoms with E-state index >= 15 is 0 Å². The minimum Gasteiger partial charge on any atom is -0.497 e. The van der Waals surface area contributed by atoms with Crippen LogP contribution in [0.5, 0.6) is 5.75 Å². The van der Waals surface area contributed by atoms with Crippen molar-refractivity contribution in [1.29, 1.82) is 0 Å². The molecule has 0 unspecified atom stereocenters. The first kappa shape index (κ1) is 10.1. The van der Waals surface area contributed by atoms with Gasteiger partial charge in [0.15, 0.2) is 5.78 Å². The Labute approximate surface area is 98.8 Å². The molecule has 2 aromatic rings. The van der Waals surface area contributed by atoms with Crippen molar-refractivity contribution in [3.8, 4) is 11.4 Å². The van der Waals surface area contributed by atoms with Crippen LogP contribution in [-0.2, 0) is 6.42 Å². The quantitative estimate of drug-likeness (QED) is 0.789. The fraction of sp³-hybridized carbons (Fsp3) is 0.231. The summed E-state index contributed by atoms with van der Waals surface area (Å²) in [7, 11) is 1.62. The number of carbonyl (C=O) groups excluding carboxylic acids is 1. The predicted molar refractivity (Wildman–Crippen MR) is 62.8 cm³/mol. The standard InChI is InChI=1S/C13H12N2O2/c1-17-11-4-2-3-10(7-11)15-13-9(8-14-15)5-6-12(13)16/h2-4,7-8H,5-6H2,1H3. The van der Waals surface area contributed by atoms with Crippen LogP contribution in [-0.4, -0.2) is 22.7 Å². The summed E-state index contributed by atoms with van der Waals surface area (Å²) >= 11 is 0. The molecule has 4 heteroatoms. The van der Waals surface area contributed by atoms with E-state index in [1.165, 1.54) is 0 Å². The summed E-state index contributed by atoms with van der Waals surface area (Å²) in [6, 6.07) is 7.55. The highest BCUT2D eigenvalue weighted by atomic mass is 16.5. The monoisotopic (exact) mass is 228 g/mol. The Morgan fingerprint density at radius 2 is 2.24 bits per heavy atom. The maximum atomic E-state index is 11.8. The molecule has 0 spiro atoms. The van der Waals surface area contributed by atoms with Crippen molar-refractivity contribution in [2.75, 3.05) is 7.11 Å². The number of ketones is 1. The van der Waals surface area contributed by atoms with E-state index in [0.717, 1.165) is 29.1 Å². The molecule has 0 N–H and O–H groups in total. The Kier molecular flexibility index (Phi) is 2.21. The second-order valence-electron chi connectivity index (χ2n) is 4.05. The largest absolute Gasteiger partial charge is 0.497 e. The highest BCUT2D eigenvalue weighted by molar-refractivity contribution is 5.99. The number of hydrogen-bond donors (Lipinski definition) is 0. The predicted octanol–water partition coefficient (Wildman–Crippen LogP) is 2.01. The molecule has 3 rings (SSSR count). The SMILES string of the molecule is COc1cccc(-n2ncc3c2C(=O)CC3)c1. The van der Waals surface area contributed by atoms with Gasteiger partial charge in [-0.3, -0.25) is 4.79 Å². The van der Waals surface area contributed by atoms with Gasteiger partial charge in [0.05, 0.1) is 19.0 Å². The number of aromatic nitrogens is 2. The van der Waals surface area contributed by atoms with Crippen LogP contribution in [0.4, 0.5) is 0 Å². The summed E-state index contributed by atoms with van der Waals surface area (Å²) < 4.78 is 6.87. The van der Waals surface area contributed by atoms with Gasteiger partial charge < -0.3 is 4.74 Å². The van der Waals surface area contributed by atoms with Gasteiger partial charge in [0.1, 0.15) is 11.4 Å². The first-order chi connectivity index (χ1) is 8.29. The van der Waals surface area contributed by atoms with Crippen LogP contribution in [0.15, 0.2) is 30.5 Å². The minimum atomic E-state index is 0.167. The van der Waals surface area contributed by atoms with Crippen molar-refractivity contribution in [1.82, 2.24) is 9.78 Å². The third kappa shape index (κ3) is 1.53. The van der Waals surface area contributed by atoms with E-state index in [-0.39, 0.29) is 5.78 Å². The van der Waals surface area contributed by atoms with Crippen molar-refractivity contribution in [2.24, 2.45) is 0 Å². The van der Waals surface area contributed by atoms with Gasteiger partial charge in [-0.05, 0) is 18.6 Å². The second kappa shape index (κ2) is 3.73. The number of Topliss-reactive ketones (excluding diaryl/α,β-unsaturated/α-hetero) is 1. The van der Waals surface area contributed by atoms with E-state index in [1.807, 2.05) is 24.3 Å². The van der Waals surface area contributed by atoms with E-state index in [2.05, 4.69) is 5.10 Å². The lowest BCUT2D eigenvalue weighted by Crippen LogP contribution is -2.06. The Morgan fingerprint density at radius 1 is 1.35 bits per heavy atom. The van der Waals surface area contributed by atoms with Crippen LogP contribution in [0, 0.1) is 0 Å². The molecule has 0 radical (unpaired) electrons. The molecule has 1 aromatic carbocycles. The van der Waals surface area contributed by atoms with Crippen LogP contribution < -0.4 is 4.74 Å². The van der Waals surface area contributed by atoms with E-state index in [9.17, 15) is 4.79 Å². The summed E-state index contributed by atoms with van der Waals surface area (Å²) in [5.41, 5.74) is 2.62. The lowest BCUT2D eigenvalue weighted by Gasteiger charge is -2.06. The number of hydrogen-bond acceptors (Lipinski definition) is 3. The normalized spacial score (nSPS) is 13.8. The maximum Gasteiger partial charge on any atom is 0.181 e. The van der Waals surface area contributed by atoms with E-state index < -0.39 is 0 Å². The summed E-state index contributed by atoms with van der Waals surface area (Å²) in [5.74, 6) is 0.928. The van der Waals surface area contributed by atoms with Gasteiger partial charge in [-0.1, -0.05) is 6.07 Å². The molecule has 0 saturated carbocycles. The minimum absolute atomic E-state index is 0.167. The van der Waals surface area contributed by atoms with E-state index in [0.29, 0.717) is 6.42 Å². The average Bonchev–Trinajstić information content (AvgIpc) is 2.93. The van der Waals surface area contributed by atoms with Crippen LogP contribution in [0.2, 0.25) is 0 Å². The molecule has 4 nitrogen and oxygen atoms in total. The summed E-state index contributed by atoms with van der Waals surface area (Å²) in [5, 5.41) is 4.27. The molecule has 0 aliphatic heterocycles. The molecule has 86 valence electrons. The van der Waals surface area contributed by atoms with Crippen molar-refractivity contribution in [2.45, 2.75) is 12.8 Å². The number of fused-ring (bicyclic) bond motifs is 1. The molecule has 1 aliphatic rings. The topological polar surface area (TPSA) is 44.1 Å². The zero-order chi connectivity index (χ0) is 11.8. The number of rotatable bonds is 2. The number of carbonyl (C=O) groups is 1. The van der Waals surface area contributed by atoms with Gasteiger partial charge in [-0.2, -0.15) is 5.10 Å². The number of nitrogens with zero attached hydrogens (tertiary/aromatic N) is 2. The lowest BCUT2D eigenvalue weighted by molar-refractivity contribution is 0.0987. The Hall–Kier alpha value is -2.10. The molecule has 1 heterocycles. The molecule has 0 atom stereocenters. The Balaban J connectivity index is 2.13. The van der Waals surface area contributed by atoms with Crippen LogP contribution in [0.3, 0.4) is 0 Å². The fourth-order valence-electron chi connectivity index (χ4n) is 2.17. The van der Waals surface area contributed by atoms with E-state index in [4.69, 9.17) is 4.74 Å². The molecule has 1 aromatic heterocycles. The molecule has 0 fully saturated rings. The van der Waals surface area contributed by atoms with Gasteiger partial charge >= 0.3 is 0 Å². The summed E-state index contributed by atoms with van der Waals surface area (Å²) in [4.78, 5) is 11.8. The Bertz CT molecular complexity index is 587. The first-order valence-corrected chi connectivity index (χ1v) is 5.54. The number of methoxy groups -OCH3 is 1. The van der Waals surface area contributed by atoms with Gasteiger partial charge in [-0.25, -0.2) is 4.68 Å². The van der Waals surface area contributed by atoms with Crippen molar-refractivity contribution in [3.05, 3.63) is 41.7 Å². The van der Waals surface area contributed by atoms with Crippen LogP contribution in [0.1, 0.15) is 22.5 Å². The molecule has 0 bridgehead atoms. The third-order valence-corrected chi connectivity index (χ3v) is 3.03. The average molecular weight is 228 g/mol. The van der Waals surface area contributed by atoms with Crippen molar-refractivity contribution in [3.63, 3.8) is 0 Å². The third-order valence-electron chi connectivity index (χ3n) is 3.03. The number of aryl methyl sites for hydroxylation is 1. The van der Waals surface area contributed by atoms with Gasteiger partial charge in [0, 0.05) is 18.1 Å². The highest BCUT2D eigenvalue weighted by Crippen LogP contribution is 2.25. The van der Waals surface area contributed by atoms with Gasteiger partial charge in [-0.15, -0.1) is 0 Å². The van der Waals surface area contributed by atoms with Crippen LogP contribution >= 0.6 is 0 Å². The van der Waals surface area contributed by atoms with Gasteiger partial charge in [0.25, 0.3) is 0 Å². The first-order valence-electron chi connectivity index (χ1n) is 5.54. The molecule has 0 amide bonds. The number of ether oxygens (including phenoxy) is 1. The molecular formula is C13H12N2O2. The molecular weight excluding hydrogens is 216 g/mol. The molecule has 1 aliphatic carbocycles. The zero-order valence-corrected chi connectivity index (χ0v) is 9.51. The van der Waals surface area contributed by atoms with Crippen LogP contribution in [0.25, 0.3) is 5.69 Å². The van der Waals surface area contributed by atoms with Crippen molar-refractivity contribution < 1.29 is 9.53 Å². The van der Waals surface area contributed by atoms with E-state index in [1.54, 1.807) is 18.0 Å². The highest BCUT2D eigenvalue weighted by Gasteiger charge is 2.25. The fourth-order valence-corrected chi connectivity index (χ4v) is 2.17.